The van der Waals surface area contributed by atoms with Crippen LogP contribution in [0.1, 0.15) is 39.8 Å². The molecule has 0 unspecified atom stereocenters. The molecule has 0 spiro atoms. The third-order valence-corrected chi connectivity index (χ3v) is 4.80. The number of pyridine rings is 2. The second-order valence-electron chi connectivity index (χ2n) is 6.43. The molecule has 4 rings (SSSR count). The van der Waals surface area contributed by atoms with Crippen LogP contribution in [0.5, 0.6) is 0 Å². The number of H-pyrrole nitrogens is 1. The normalized spacial score (nSPS) is 17.4. The summed E-state index contributed by atoms with van der Waals surface area (Å²) >= 11 is 0. The predicted molar refractivity (Wildman–Crippen MR) is 91.6 cm³/mol. The molecule has 1 amide bonds. The van der Waals surface area contributed by atoms with E-state index in [2.05, 4.69) is 15.1 Å². The number of aryl methyl sites for hydroxylation is 2. The van der Waals surface area contributed by atoms with Crippen molar-refractivity contribution in [3.05, 3.63) is 57.5 Å². The lowest BCUT2D eigenvalue weighted by Crippen LogP contribution is -2.29. The molecule has 4 heterocycles. The van der Waals surface area contributed by atoms with E-state index < -0.39 is 0 Å². The Labute approximate surface area is 143 Å². The number of nitrogens with zero attached hydrogens (tertiary/aromatic N) is 3. The van der Waals surface area contributed by atoms with Crippen LogP contribution in [0.4, 0.5) is 0 Å². The summed E-state index contributed by atoms with van der Waals surface area (Å²) in [5, 5.41) is 4.43. The van der Waals surface area contributed by atoms with Crippen molar-refractivity contribution in [2.24, 2.45) is 0 Å². The van der Waals surface area contributed by atoms with Crippen LogP contribution in [0.2, 0.25) is 0 Å². The number of carbonyl (C=O) groups is 1. The summed E-state index contributed by atoms with van der Waals surface area (Å²) in [7, 11) is 0. The third kappa shape index (κ3) is 2.61. The monoisotopic (exact) mass is 338 g/mol. The number of rotatable bonds is 2. The van der Waals surface area contributed by atoms with E-state index in [1.807, 2.05) is 6.07 Å². The van der Waals surface area contributed by atoms with E-state index >= 15 is 0 Å². The quantitative estimate of drug-likeness (QED) is 0.773. The van der Waals surface area contributed by atoms with Gasteiger partial charge in [0.15, 0.2) is 0 Å². The molecular formula is C18H18N4O3. The van der Waals surface area contributed by atoms with Gasteiger partial charge in [-0.15, -0.1) is 0 Å². The zero-order valence-electron chi connectivity index (χ0n) is 14.1. The van der Waals surface area contributed by atoms with Gasteiger partial charge in [0.25, 0.3) is 11.5 Å². The van der Waals surface area contributed by atoms with Gasteiger partial charge in [-0.05, 0) is 38.5 Å². The van der Waals surface area contributed by atoms with E-state index in [0.717, 1.165) is 12.1 Å². The summed E-state index contributed by atoms with van der Waals surface area (Å²) in [6.07, 6.45) is 2.47. The molecule has 0 saturated carbocycles. The van der Waals surface area contributed by atoms with E-state index in [-0.39, 0.29) is 17.4 Å². The average Bonchev–Trinajstić information content (AvgIpc) is 3.22. The van der Waals surface area contributed by atoms with Gasteiger partial charge in [0.05, 0.1) is 16.6 Å². The average molecular weight is 338 g/mol. The lowest BCUT2D eigenvalue weighted by atomic mass is 10.0. The van der Waals surface area contributed by atoms with E-state index in [4.69, 9.17) is 4.52 Å². The molecule has 0 radical (unpaired) electrons. The van der Waals surface area contributed by atoms with Gasteiger partial charge in [0, 0.05) is 30.9 Å². The first-order chi connectivity index (χ1) is 12.0. The van der Waals surface area contributed by atoms with Gasteiger partial charge in [0.1, 0.15) is 11.3 Å². The van der Waals surface area contributed by atoms with Crippen molar-refractivity contribution in [3.63, 3.8) is 0 Å². The molecule has 0 aliphatic carbocycles. The molecule has 1 aliphatic heterocycles. The molecule has 1 saturated heterocycles. The van der Waals surface area contributed by atoms with E-state index in [9.17, 15) is 9.59 Å². The fourth-order valence-electron chi connectivity index (χ4n) is 3.47. The third-order valence-electron chi connectivity index (χ3n) is 4.80. The molecule has 0 bridgehead atoms. The Bertz CT molecular complexity index is 1000. The van der Waals surface area contributed by atoms with Gasteiger partial charge in [-0.2, -0.15) is 0 Å². The fourth-order valence-corrected chi connectivity index (χ4v) is 3.47. The number of nitrogens with one attached hydrogen (secondary N) is 1. The number of likely N-dealkylation sites (tertiary alicyclic amines) is 1. The van der Waals surface area contributed by atoms with Crippen molar-refractivity contribution in [1.29, 1.82) is 0 Å². The highest BCUT2D eigenvalue weighted by Crippen LogP contribution is 2.28. The molecule has 1 aliphatic rings. The standard InChI is InChI=1S/C18H18N4O3/c1-10-16(11(2)25-21-10)18(24)22-7-5-12(9-22)14-8-15-13(17(23)20-14)4-3-6-19-15/h3-4,6,8,12H,5,7,9H2,1-2H3,(H,20,23)/t12-/m0/s1. The molecule has 0 aromatic carbocycles. The molecule has 7 heteroatoms. The highest BCUT2D eigenvalue weighted by atomic mass is 16.5. The summed E-state index contributed by atoms with van der Waals surface area (Å²) in [6, 6.07) is 5.41. The number of hydrogen-bond acceptors (Lipinski definition) is 5. The van der Waals surface area contributed by atoms with Gasteiger partial charge in [-0.3, -0.25) is 14.6 Å². The van der Waals surface area contributed by atoms with Crippen molar-refractivity contribution in [2.75, 3.05) is 13.1 Å². The highest BCUT2D eigenvalue weighted by Gasteiger charge is 2.31. The first-order valence-corrected chi connectivity index (χ1v) is 8.24. The van der Waals surface area contributed by atoms with Gasteiger partial charge in [-0.25, -0.2) is 0 Å². The van der Waals surface area contributed by atoms with Crippen LogP contribution in [-0.4, -0.2) is 39.0 Å². The summed E-state index contributed by atoms with van der Waals surface area (Å²) in [5.74, 6) is 0.554. The minimum Gasteiger partial charge on any atom is -0.361 e. The SMILES string of the molecule is Cc1noc(C)c1C(=O)N1CC[C@H](c2cc3ncccc3c(=O)[nH]2)C1. The fraction of sp³-hybridized carbons (Fsp3) is 0.333. The van der Waals surface area contributed by atoms with Crippen molar-refractivity contribution in [1.82, 2.24) is 20.0 Å². The van der Waals surface area contributed by atoms with Crippen molar-refractivity contribution < 1.29 is 9.32 Å². The summed E-state index contributed by atoms with van der Waals surface area (Å²) < 4.78 is 5.10. The molecule has 1 N–H and O–H groups in total. The molecular weight excluding hydrogens is 320 g/mol. The minimum atomic E-state index is -0.142. The Balaban J connectivity index is 1.61. The molecule has 128 valence electrons. The molecule has 1 atom stereocenters. The minimum absolute atomic E-state index is 0.0694. The number of amides is 1. The number of aromatic nitrogens is 3. The van der Waals surface area contributed by atoms with Crippen LogP contribution >= 0.6 is 0 Å². The van der Waals surface area contributed by atoms with E-state index in [0.29, 0.717) is 41.0 Å². The van der Waals surface area contributed by atoms with Crippen molar-refractivity contribution >= 4 is 16.8 Å². The van der Waals surface area contributed by atoms with Crippen molar-refractivity contribution in [2.45, 2.75) is 26.2 Å². The zero-order valence-corrected chi connectivity index (χ0v) is 14.1. The lowest BCUT2D eigenvalue weighted by molar-refractivity contribution is 0.0788. The Morgan fingerprint density at radius 3 is 3.00 bits per heavy atom. The van der Waals surface area contributed by atoms with Gasteiger partial charge < -0.3 is 14.4 Å². The van der Waals surface area contributed by atoms with Crippen LogP contribution in [0.3, 0.4) is 0 Å². The number of carbonyl (C=O) groups excluding carboxylic acids is 1. The van der Waals surface area contributed by atoms with E-state index in [1.54, 1.807) is 37.1 Å². The molecule has 3 aromatic rings. The van der Waals surface area contributed by atoms with Crippen LogP contribution in [0.25, 0.3) is 10.9 Å². The molecule has 7 nitrogen and oxygen atoms in total. The van der Waals surface area contributed by atoms with Crippen molar-refractivity contribution in [3.8, 4) is 0 Å². The van der Waals surface area contributed by atoms with E-state index in [1.165, 1.54) is 0 Å². The predicted octanol–water partition coefficient (Wildman–Crippen LogP) is 2.16. The zero-order chi connectivity index (χ0) is 17.6. The molecule has 1 fully saturated rings. The van der Waals surface area contributed by atoms with Crippen LogP contribution in [-0.2, 0) is 0 Å². The molecule has 3 aromatic heterocycles. The maximum absolute atomic E-state index is 12.7. The Hall–Kier alpha value is -2.96. The second kappa shape index (κ2) is 5.84. The first kappa shape index (κ1) is 15.6. The lowest BCUT2D eigenvalue weighted by Gasteiger charge is -2.16. The Morgan fingerprint density at radius 1 is 1.40 bits per heavy atom. The van der Waals surface area contributed by atoms with Crippen LogP contribution in [0, 0.1) is 13.8 Å². The van der Waals surface area contributed by atoms with Gasteiger partial charge >= 0.3 is 0 Å². The summed E-state index contributed by atoms with van der Waals surface area (Å²) in [6.45, 7) is 4.70. The highest BCUT2D eigenvalue weighted by molar-refractivity contribution is 5.96. The smallest absolute Gasteiger partial charge is 0.259 e. The first-order valence-electron chi connectivity index (χ1n) is 8.24. The summed E-state index contributed by atoms with van der Waals surface area (Å²) in [4.78, 5) is 34.0. The van der Waals surface area contributed by atoms with Crippen LogP contribution < -0.4 is 5.56 Å². The number of fused-ring (bicyclic) bond motifs is 1. The van der Waals surface area contributed by atoms with Gasteiger partial charge in [-0.1, -0.05) is 5.16 Å². The summed E-state index contributed by atoms with van der Waals surface area (Å²) in [5.41, 5.74) is 2.50. The Morgan fingerprint density at radius 2 is 2.24 bits per heavy atom. The molecule has 25 heavy (non-hydrogen) atoms. The number of hydrogen-bond donors (Lipinski definition) is 1. The van der Waals surface area contributed by atoms with Crippen LogP contribution in [0.15, 0.2) is 33.7 Å². The second-order valence-corrected chi connectivity index (χ2v) is 6.43. The Kier molecular flexibility index (Phi) is 3.63. The number of aromatic amines is 1. The maximum Gasteiger partial charge on any atom is 0.259 e. The van der Waals surface area contributed by atoms with Gasteiger partial charge in [0.2, 0.25) is 0 Å². The topological polar surface area (TPSA) is 92.1 Å². The largest absolute Gasteiger partial charge is 0.361 e. The maximum atomic E-state index is 12.7.